The summed E-state index contributed by atoms with van der Waals surface area (Å²) in [4.78, 5) is 4.40. The van der Waals surface area contributed by atoms with Crippen LogP contribution in [0.25, 0.3) is 12.2 Å². The number of benzene rings is 2. The molecule has 0 atom stereocenters. The second-order valence-electron chi connectivity index (χ2n) is 6.86. The molecule has 2 aromatic carbocycles. The summed E-state index contributed by atoms with van der Waals surface area (Å²) in [7, 11) is 0. The molecule has 0 bridgehead atoms. The molecular formula is C23H22ClF3N2OS. The van der Waals surface area contributed by atoms with E-state index in [2.05, 4.69) is 10.3 Å². The number of ether oxygens (including phenoxy) is 1. The predicted octanol–water partition coefficient (Wildman–Crippen LogP) is 8.30. The molecule has 164 valence electrons. The van der Waals surface area contributed by atoms with Crippen molar-refractivity contribution in [1.82, 2.24) is 4.98 Å². The Kier molecular flexibility index (Phi) is 7.98. The standard InChI is InChI=1S/C23H22ClF3N2OS/c1-2-3-4-12-30-21-11-10-18(14-20(21)23(25,26)27)28-22-29-19(15-31-22)9-8-16-6-5-7-17(24)13-16/h5-11,13-15H,2-4,12H2,1H3,(H,28,29). The van der Waals surface area contributed by atoms with Crippen LogP contribution in [0.2, 0.25) is 5.02 Å². The highest BCUT2D eigenvalue weighted by Gasteiger charge is 2.34. The van der Waals surface area contributed by atoms with Crippen molar-refractivity contribution in [1.29, 1.82) is 0 Å². The number of hydrogen-bond donors (Lipinski definition) is 1. The SMILES string of the molecule is CCCCCOc1ccc(Nc2nc(C=Cc3cccc(Cl)c3)cs2)cc1C(F)(F)F. The maximum Gasteiger partial charge on any atom is 0.420 e. The molecule has 1 N–H and O–H groups in total. The van der Waals surface area contributed by atoms with Crippen LogP contribution in [0.5, 0.6) is 5.75 Å². The minimum absolute atomic E-state index is 0.154. The number of nitrogens with one attached hydrogen (secondary N) is 1. The van der Waals surface area contributed by atoms with E-state index in [1.807, 2.05) is 42.7 Å². The van der Waals surface area contributed by atoms with Gasteiger partial charge in [0.15, 0.2) is 5.13 Å². The van der Waals surface area contributed by atoms with Gasteiger partial charge in [0.25, 0.3) is 0 Å². The number of aromatic nitrogens is 1. The number of unbranched alkanes of at least 4 members (excludes halogenated alkanes) is 2. The molecule has 0 radical (unpaired) electrons. The lowest BCUT2D eigenvalue weighted by atomic mass is 10.1. The van der Waals surface area contributed by atoms with Crippen molar-refractivity contribution in [2.75, 3.05) is 11.9 Å². The molecule has 0 aliphatic rings. The van der Waals surface area contributed by atoms with E-state index in [-0.39, 0.29) is 12.4 Å². The molecule has 1 heterocycles. The topological polar surface area (TPSA) is 34.1 Å². The number of anilines is 2. The van der Waals surface area contributed by atoms with Crippen molar-refractivity contribution in [2.24, 2.45) is 0 Å². The Morgan fingerprint density at radius 1 is 1.13 bits per heavy atom. The number of rotatable bonds is 9. The smallest absolute Gasteiger partial charge is 0.420 e. The molecule has 0 amide bonds. The van der Waals surface area contributed by atoms with E-state index < -0.39 is 11.7 Å². The van der Waals surface area contributed by atoms with Crippen molar-refractivity contribution in [3.05, 3.63) is 69.7 Å². The summed E-state index contributed by atoms with van der Waals surface area (Å²) in [6.45, 7) is 2.29. The van der Waals surface area contributed by atoms with Crippen molar-refractivity contribution in [3.63, 3.8) is 0 Å². The molecule has 0 aliphatic heterocycles. The highest BCUT2D eigenvalue weighted by atomic mass is 35.5. The van der Waals surface area contributed by atoms with E-state index in [9.17, 15) is 13.2 Å². The molecule has 0 aliphatic carbocycles. The van der Waals surface area contributed by atoms with E-state index in [0.717, 1.165) is 30.9 Å². The summed E-state index contributed by atoms with van der Waals surface area (Å²) < 4.78 is 45.9. The zero-order valence-electron chi connectivity index (χ0n) is 16.9. The number of halogens is 4. The second kappa shape index (κ2) is 10.7. The van der Waals surface area contributed by atoms with Crippen LogP contribution in [0.3, 0.4) is 0 Å². The van der Waals surface area contributed by atoms with Crippen molar-refractivity contribution in [3.8, 4) is 5.75 Å². The zero-order valence-corrected chi connectivity index (χ0v) is 18.4. The number of hydrogen-bond acceptors (Lipinski definition) is 4. The Bertz CT molecular complexity index is 1030. The molecule has 31 heavy (non-hydrogen) atoms. The van der Waals surface area contributed by atoms with Gasteiger partial charge >= 0.3 is 6.18 Å². The van der Waals surface area contributed by atoms with Gasteiger partial charge in [0.1, 0.15) is 5.75 Å². The average Bonchev–Trinajstić information content (AvgIpc) is 3.17. The van der Waals surface area contributed by atoms with E-state index in [1.54, 1.807) is 12.1 Å². The van der Waals surface area contributed by atoms with Crippen LogP contribution in [-0.4, -0.2) is 11.6 Å². The van der Waals surface area contributed by atoms with Gasteiger partial charge in [-0.25, -0.2) is 4.98 Å². The molecule has 3 aromatic rings. The van der Waals surface area contributed by atoms with Crippen molar-refractivity contribution >= 4 is 45.9 Å². The predicted molar refractivity (Wildman–Crippen MR) is 122 cm³/mol. The minimum atomic E-state index is -4.51. The van der Waals surface area contributed by atoms with Gasteiger partial charge in [-0.2, -0.15) is 13.2 Å². The molecule has 3 nitrogen and oxygen atoms in total. The van der Waals surface area contributed by atoms with E-state index in [0.29, 0.717) is 21.5 Å². The third-order valence-electron chi connectivity index (χ3n) is 4.36. The molecule has 0 spiro atoms. The summed E-state index contributed by atoms with van der Waals surface area (Å²) in [5.74, 6) is -0.154. The van der Waals surface area contributed by atoms with Gasteiger partial charge in [0.05, 0.1) is 17.9 Å². The fourth-order valence-electron chi connectivity index (χ4n) is 2.82. The lowest BCUT2D eigenvalue weighted by Crippen LogP contribution is -2.10. The molecule has 8 heteroatoms. The number of alkyl halides is 3. The molecule has 3 rings (SSSR count). The summed E-state index contributed by atoms with van der Waals surface area (Å²) in [5, 5.41) is 5.90. The highest BCUT2D eigenvalue weighted by Crippen LogP contribution is 2.38. The van der Waals surface area contributed by atoms with Crippen molar-refractivity contribution < 1.29 is 17.9 Å². The Labute approximate surface area is 188 Å². The van der Waals surface area contributed by atoms with E-state index >= 15 is 0 Å². The quantitative estimate of drug-likeness (QED) is 0.322. The van der Waals surface area contributed by atoms with Gasteiger partial charge in [-0.1, -0.05) is 49.6 Å². The first-order chi connectivity index (χ1) is 14.8. The van der Waals surface area contributed by atoms with Crippen LogP contribution in [0, 0.1) is 0 Å². The molecular weight excluding hydrogens is 445 g/mol. The Balaban J connectivity index is 1.71. The normalized spacial score (nSPS) is 11.8. The van der Waals surface area contributed by atoms with Gasteiger partial charge in [-0.15, -0.1) is 11.3 Å². The van der Waals surface area contributed by atoms with Gasteiger partial charge in [0, 0.05) is 16.1 Å². The lowest BCUT2D eigenvalue weighted by Gasteiger charge is -2.15. The van der Waals surface area contributed by atoms with Gasteiger partial charge in [-0.3, -0.25) is 0 Å². The highest BCUT2D eigenvalue weighted by molar-refractivity contribution is 7.13. The van der Waals surface area contributed by atoms with E-state index in [4.69, 9.17) is 16.3 Å². The van der Waals surface area contributed by atoms with Crippen LogP contribution in [-0.2, 0) is 6.18 Å². The van der Waals surface area contributed by atoms with E-state index in [1.165, 1.54) is 17.4 Å². The molecule has 0 saturated carbocycles. The Hall–Kier alpha value is -2.51. The average molecular weight is 467 g/mol. The Morgan fingerprint density at radius 3 is 2.71 bits per heavy atom. The monoisotopic (exact) mass is 466 g/mol. The van der Waals surface area contributed by atoms with Crippen LogP contribution < -0.4 is 10.1 Å². The lowest BCUT2D eigenvalue weighted by molar-refractivity contribution is -0.138. The third kappa shape index (κ3) is 7.01. The summed E-state index contributed by atoms with van der Waals surface area (Å²) in [5.41, 5.74) is 1.12. The second-order valence-corrected chi connectivity index (χ2v) is 8.15. The van der Waals surface area contributed by atoms with Crippen LogP contribution >= 0.6 is 22.9 Å². The molecule has 0 saturated heterocycles. The largest absolute Gasteiger partial charge is 0.493 e. The maximum atomic E-state index is 13.5. The Morgan fingerprint density at radius 2 is 1.97 bits per heavy atom. The van der Waals surface area contributed by atoms with Gasteiger partial charge in [-0.05, 0) is 48.4 Å². The summed E-state index contributed by atoms with van der Waals surface area (Å²) >= 11 is 7.28. The first-order valence-corrected chi connectivity index (χ1v) is 11.1. The summed E-state index contributed by atoms with van der Waals surface area (Å²) in [6, 6.07) is 11.4. The maximum absolute atomic E-state index is 13.5. The molecule has 0 unspecified atom stereocenters. The third-order valence-corrected chi connectivity index (χ3v) is 5.37. The fraction of sp³-hybridized carbons (Fsp3) is 0.261. The first-order valence-electron chi connectivity index (χ1n) is 9.85. The van der Waals surface area contributed by atoms with Gasteiger partial charge in [0.2, 0.25) is 0 Å². The fourth-order valence-corrected chi connectivity index (χ4v) is 3.72. The summed E-state index contributed by atoms with van der Waals surface area (Å²) in [6.07, 6.45) is 1.80. The minimum Gasteiger partial charge on any atom is -0.493 e. The molecule has 0 fully saturated rings. The molecule has 1 aromatic heterocycles. The zero-order chi connectivity index (χ0) is 22.3. The number of thiazole rings is 1. The first kappa shape index (κ1) is 23.2. The van der Waals surface area contributed by atoms with Crippen LogP contribution in [0.1, 0.15) is 43.0 Å². The number of nitrogens with zero attached hydrogens (tertiary/aromatic N) is 1. The van der Waals surface area contributed by atoms with Crippen LogP contribution in [0.4, 0.5) is 24.0 Å². The van der Waals surface area contributed by atoms with Gasteiger partial charge < -0.3 is 10.1 Å². The van der Waals surface area contributed by atoms with Crippen molar-refractivity contribution in [2.45, 2.75) is 32.4 Å². The van der Waals surface area contributed by atoms with Crippen LogP contribution in [0.15, 0.2) is 47.8 Å².